The lowest BCUT2D eigenvalue weighted by molar-refractivity contribution is -0.137. The highest BCUT2D eigenvalue weighted by molar-refractivity contribution is 8.79. The molecule has 0 saturated carbocycles. The molecule has 0 aromatic carbocycles. The van der Waals surface area contributed by atoms with Gasteiger partial charge < -0.3 is 18.9 Å². The molecule has 2 aliphatic rings. The molecule has 0 radical (unpaired) electrons. The van der Waals surface area contributed by atoms with Crippen LogP contribution in [0.15, 0.2) is 21.0 Å². The molecule has 0 N–H and O–H groups in total. The van der Waals surface area contributed by atoms with Gasteiger partial charge in [0.05, 0.1) is 51.8 Å². The second kappa shape index (κ2) is 7.16. The Labute approximate surface area is 124 Å². The smallest absolute Gasteiger partial charge is 0.337 e. The van der Waals surface area contributed by atoms with Gasteiger partial charge >= 0.3 is 11.9 Å². The highest BCUT2D eigenvalue weighted by Gasteiger charge is 2.26. The van der Waals surface area contributed by atoms with Gasteiger partial charge in [-0.1, -0.05) is 21.6 Å². The number of carbonyl (C=O) groups is 2. The lowest BCUT2D eigenvalue weighted by Gasteiger charge is -2.05. The van der Waals surface area contributed by atoms with Crippen LogP contribution < -0.4 is 0 Å². The van der Waals surface area contributed by atoms with E-state index in [1.54, 1.807) is 0 Å². The fourth-order valence-electron chi connectivity index (χ4n) is 1.67. The van der Waals surface area contributed by atoms with E-state index in [-0.39, 0.29) is 25.2 Å². The first-order valence-electron chi connectivity index (χ1n) is 5.78. The summed E-state index contributed by atoms with van der Waals surface area (Å²) >= 11 is 0. The fourth-order valence-corrected chi connectivity index (χ4v) is 4.11. The molecule has 2 heterocycles. The SMILES string of the molecule is COC(=O)C1=C(SSC2=C(C(=O)OC)COC2)COC1. The van der Waals surface area contributed by atoms with Gasteiger partial charge in [-0.2, -0.15) is 0 Å². The number of ether oxygens (including phenoxy) is 4. The normalized spacial score (nSPS) is 18.7. The van der Waals surface area contributed by atoms with Crippen LogP contribution in [0.2, 0.25) is 0 Å². The van der Waals surface area contributed by atoms with Crippen molar-refractivity contribution in [1.82, 2.24) is 0 Å². The summed E-state index contributed by atoms with van der Waals surface area (Å²) in [6, 6.07) is 0. The average Bonchev–Trinajstić information content (AvgIpc) is 3.11. The molecule has 0 unspecified atom stereocenters. The van der Waals surface area contributed by atoms with E-state index in [1.807, 2.05) is 0 Å². The van der Waals surface area contributed by atoms with Crippen LogP contribution in [0, 0.1) is 0 Å². The van der Waals surface area contributed by atoms with Gasteiger partial charge in [0.1, 0.15) is 0 Å². The van der Waals surface area contributed by atoms with Gasteiger partial charge in [-0.05, 0) is 0 Å². The molecule has 0 spiro atoms. The number of esters is 2. The van der Waals surface area contributed by atoms with E-state index in [9.17, 15) is 9.59 Å². The zero-order chi connectivity index (χ0) is 14.5. The summed E-state index contributed by atoms with van der Waals surface area (Å²) in [7, 11) is 5.46. The van der Waals surface area contributed by atoms with Gasteiger partial charge in [0.25, 0.3) is 0 Å². The van der Waals surface area contributed by atoms with Crippen molar-refractivity contribution in [2.45, 2.75) is 0 Å². The Morgan fingerprint density at radius 1 is 0.850 bits per heavy atom. The molecule has 8 heteroatoms. The molecule has 0 bridgehead atoms. The van der Waals surface area contributed by atoms with Crippen LogP contribution >= 0.6 is 21.6 Å². The summed E-state index contributed by atoms with van der Waals surface area (Å²) < 4.78 is 19.9. The molecular formula is C12H14O6S2. The van der Waals surface area contributed by atoms with Gasteiger partial charge in [0.15, 0.2) is 0 Å². The quantitative estimate of drug-likeness (QED) is 0.554. The van der Waals surface area contributed by atoms with Crippen LogP contribution in [0.3, 0.4) is 0 Å². The summed E-state index contributed by atoms with van der Waals surface area (Å²) in [4.78, 5) is 24.7. The van der Waals surface area contributed by atoms with Crippen LogP contribution in [0.4, 0.5) is 0 Å². The van der Waals surface area contributed by atoms with E-state index in [4.69, 9.17) is 18.9 Å². The van der Waals surface area contributed by atoms with Crippen molar-refractivity contribution in [3.63, 3.8) is 0 Å². The van der Waals surface area contributed by atoms with Crippen molar-refractivity contribution in [3.8, 4) is 0 Å². The molecule has 0 fully saturated rings. The number of hydrogen-bond donors (Lipinski definition) is 0. The maximum Gasteiger partial charge on any atom is 0.337 e. The van der Waals surface area contributed by atoms with Crippen molar-refractivity contribution >= 4 is 33.5 Å². The van der Waals surface area contributed by atoms with Crippen molar-refractivity contribution in [2.24, 2.45) is 0 Å². The van der Waals surface area contributed by atoms with Crippen molar-refractivity contribution in [2.75, 3.05) is 40.6 Å². The second-order valence-electron chi connectivity index (χ2n) is 3.94. The molecular weight excluding hydrogens is 304 g/mol. The monoisotopic (exact) mass is 318 g/mol. The van der Waals surface area contributed by atoms with E-state index in [0.717, 1.165) is 9.81 Å². The Kier molecular flexibility index (Phi) is 5.53. The molecule has 6 nitrogen and oxygen atoms in total. The first kappa shape index (κ1) is 15.4. The first-order chi connectivity index (χ1) is 9.67. The third-order valence-corrected chi connectivity index (χ3v) is 5.41. The second-order valence-corrected chi connectivity index (χ2v) is 6.26. The molecule has 2 aliphatic heterocycles. The predicted octanol–water partition coefficient (Wildman–Crippen LogP) is 1.28. The number of carbonyl (C=O) groups excluding carboxylic acids is 2. The van der Waals surface area contributed by atoms with E-state index in [2.05, 4.69) is 0 Å². The molecule has 0 saturated heterocycles. The van der Waals surface area contributed by atoms with Gasteiger partial charge in [0, 0.05) is 9.81 Å². The Hall–Kier alpha value is -0.960. The predicted molar refractivity (Wildman–Crippen MR) is 74.9 cm³/mol. The highest BCUT2D eigenvalue weighted by Crippen LogP contribution is 2.42. The third-order valence-electron chi connectivity index (χ3n) is 2.74. The van der Waals surface area contributed by atoms with E-state index in [0.29, 0.717) is 24.4 Å². The van der Waals surface area contributed by atoms with Crippen LogP contribution in [-0.4, -0.2) is 52.6 Å². The number of rotatable bonds is 5. The third kappa shape index (κ3) is 3.38. The Balaban J connectivity index is 2.04. The zero-order valence-corrected chi connectivity index (χ0v) is 12.7. The lowest BCUT2D eigenvalue weighted by Crippen LogP contribution is -2.07. The minimum Gasteiger partial charge on any atom is -0.466 e. The topological polar surface area (TPSA) is 71.1 Å². The minimum atomic E-state index is -0.379. The lowest BCUT2D eigenvalue weighted by atomic mass is 10.3. The van der Waals surface area contributed by atoms with Gasteiger partial charge in [-0.3, -0.25) is 0 Å². The van der Waals surface area contributed by atoms with E-state index in [1.165, 1.54) is 35.8 Å². The molecule has 0 amide bonds. The Bertz CT molecular complexity index is 438. The number of hydrogen-bond acceptors (Lipinski definition) is 8. The summed E-state index contributed by atoms with van der Waals surface area (Å²) in [5.41, 5.74) is 1.06. The maximum atomic E-state index is 11.5. The molecule has 20 heavy (non-hydrogen) atoms. The summed E-state index contributed by atoms with van der Waals surface area (Å²) in [5.74, 6) is -0.758. The van der Waals surface area contributed by atoms with Gasteiger partial charge in [-0.25, -0.2) is 9.59 Å². The van der Waals surface area contributed by atoms with Crippen LogP contribution in [0.1, 0.15) is 0 Å². The van der Waals surface area contributed by atoms with E-state index >= 15 is 0 Å². The molecule has 0 aromatic rings. The van der Waals surface area contributed by atoms with Crippen LogP contribution in [0.25, 0.3) is 0 Å². The van der Waals surface area contributed by atoms with E-state index < -0.39 is 0 Å². The van der Waals surface area contributed by atoms with Crippen molar-refractivity contribution in [3.05, 3.63) is 21.0 Å². The first-order valence-corrected chi connectivity index (χ1v) is 7.93. The standard InChI is InChI=1S/C12H14O6S2/c1-15-11(13)7-3-17-5-9(7)19-20-10-6-18-4-8(10)12(14)16-2/h3-6H2,1-2H3. The summed E-state index contributed by atoms with van der Waals surface area (Å²) in [6.07, 6.45) is 0. The number of methoxy groups -OCH3 is 2. The van der Waals surface area contributed by atoms with Crippen molar-refractivity contribution in [1.29, 1.82) is 0 Å². The van der Waals surface area contributed by atoms with Gasteiger partial charge in [0.2, 0.25) is 0 Å². The highest BCUT2D eigenvalue weighted by atomic mass is 33.1. The van der Waals surface area contributed by atoms with Crippen LogP contribution in [-0.2, 0) is 28.5 Å². The van der Waals surface area contributed by atoms with Crippen molar-refractivity contribution < 1.29 is 28.5 Å². The minimum absolute atomic E-state index is 0.259. The summed E-state index contributed by atoms with van der Waals surface area (Å²) in [6.45, 7) is 1.28. The zero-order valence-electron chi connectivity index (χ0n) is 11.1. The molecule has 0 atom stereocenters. The Morgan fingerprint density at radius 2 is 1.25 bits per heavy atom. The molecule has 0 aliphatic carbocycles. The molecule has 0 aromatic heterocycles. The maximum absolute atomic E-state index is 11.5. The average molecular weight is 318 g/mol. The fraction of sp³-hybridized carbons (Fsp3) is 0.500. The van der Waals surface area contributed by atoms with Gasteiger partial charge in [-0.15, -0.1) is 0 Å². The van der Waals surface area contributed by atoms with Crippen LogP contribution in [0.5, 0.6) is 0 Å². The largest absolute Gasteiger partial charge is 0.466 e. The summed E-state index contributed by atoms with van der Waals surface area (Å²) in [5, 5.41) is 0. The molecule has 110 valence electrons. The Morgan fingerprint density at radius 3 is 1.60 bits per heavy atom. The molecule has 2 rings (SSSR count).